The molecule has 0 saturated carbocycles. The minimum Gasteiger partial charge on any atom is -0.493 e. The molecule has 30 heavy (non-hydrogen) atoms. The van der Waals surface area contributed by atoms with Crippen LogP contribution in [0.4, 0.5) is 0 Å². The van der Waals surface area contributed by atoms with E-state index >= 15 is 0 Å². The van der Waals surface area contributed by atoms with E-state index in [4.69, 9.17) is 19.5 Å². The predicted molar refractivity (Wildman–Crippen MR) is 107 cm³/mol. The summed E-state index contributed by atoms with van der Waals surface area (Å²) in [5, 5.41) is 13.3. The Morgan fingerprint density at radius 3 is 2.80 bits per heavy atom. The molecule has 0 bridgehead atoms. The molecule has 0 radical (unpaired) electrons. The molecule has 9 nitrogen and oxygen atoms in total. The normalized spacial score (nSPS) is 16.6. The maximum atomic E-state index is 12.3. The van der Waals surface area contributed by atoms with Crippen LogP contribution in [-0.4, -0.2) is 72.1 Å². The van der Waals surface area contributed by atoms with Crippen LogP contribution in [0.15, 0.2) is 24.3 Å². The number of aromatic nitrogens is 2. The number of carbonyl (C=O) groups is 1. The van der Waals surface area contributed by atoms with E-state index in [1.807, 2.05) is 28.9 Å². The van der Waals surface area contributed by atoms with Gasteiger partial charge in [-0.1, -0.05) is 6.07 Å². The number of benzene rings is 1. The van der Waals surface area contributed by atoms with E-state index in [1.165, 1.54) is 0 Å². The highest BCUT2D eigenvalue weighted by Gasteiger charge is 2.20. The van der Waals surface area contributed by atoms with Crippen LogP contribution in [0, 0.1) is 11.3 Å². The molecule has 4 rings (SSSR count). The van der Waals surface area contributed by atoms with E-state index in [1.54, 1.807) is 12.0 Å². The molecule has 1 amide bonds. The third-order valence-electron chi connectivity index (χ3n) is 5.34. The number of morpholine rings is 1. The van der Waals surface area contributed by atoms with Gasteiger partial charge in [-0.15, -0.1) is 0 Å². The van der Waals surface area contributed by atoms with Crippen molar-refractivity contribution in [2.45, 2.75) is 19.6 Å². The van der Waals surface area contributed by atoms with Crippen LogP contribution in [0.1, 0.15) is 17.0 Å². The van der Waals surface area contributed by atoms with Crippen LogP contribution >= 0.6 is 0 Å². The summed E-state index contributed by atoms with van der Waals surface area (Å²) in [5.74, 6) is 1.11. The van der Waals surface area contributed by atoms with Crippen LogP contribution in [0.2, 0.25) is 0 Å². The van der Waals surface area contributed by atoms with Crippen molar-refractivity contribution < 1.29 is 19.0 Å². The van der Waals surface area contributed by atoms with Crippen molar-refractivity contribution in [3.05, 3.63) is 41.2 Å². The number of carbonyl (C=O) groups excluding carboxylic acids is 1. The Balaban J connectivity index is 1.36. The van der Waals surface area contributed by atoms with Gasteiger partial charge in [0.15, 0.2) is 23.8 Å². The van der Waals surface area contributed by atoms with Crippen LogP contribution < -0.4 is 9.47 Å². The Kier molecular flexibility index (Phi) is 6.16. The summed E-state index contributed by atoms with van der Waals surface area (Å²) < 4.78 is 18.4. The molecule has 1 aromatic carbocycles. The Hall–Kier alpha value is -3.09. The number of hydrogen-bond donors (Lipinski definition) is 0. The molecule has 0 N–H and O–H groups in total. The summed E-state index contributed by atoms with van der Waals surface area (Å²) in [6.07, 6.45) is 0. The van der Waals surface area contributed by atoms with Gasteiger partial charge in [-0.05, 0) is 23.8 Å². The third-order valence-corrected chi connectivity index (χ3v) is 5.34. The molecule has 0 unspecified atom stereocenters. The van der Waals surface area contributed by atoms with E-state index in [0.717, 1.165) is 37.4 Å². The first-order valence-corrected chi connectivity index (χ1v) is 10.0. The van der Waals surface area contributed by atoms with E-state index in [2.05, 4.69) is 16.1 Å². The highest BCUT2D eigenvalue weighted by molar-refractivity contribution is 5.78. The number of hydrogen-bond acceptors (Lipinski definition) is 7. The fraction of sp³-hybridized carbons (Fsp3) is 0.476. The molecular formula is C21H25N5O4. The molecule has 0 spiro atoms. The molecule has 0 aliphatic carbocycles. The average molecular weight is 411 g/mol. The summed E-state index contributed by atoms with van der Waals surface area (Å²) in [6, 6.07) is 9.72. The summed E-state index contributed by atoms with van der Waals surface area (Å²) >= 11 is 0. The Bertz CT molecular complexity index is 945. The van der Waals surface area contributed by atoms with Crippen molar-refractivity contribution >= 4 is 5.91 Å². The maximum absolute atomic E-state index is 12.3. The van der Waals surface area contributed by atoms with Crippen LogP contribution in [0.25, 0.3) is 0 Å². The maximum Gasteiger partial charge on any atom is 0.260 e. The Labute approximate surface area is 175 Å². The Morgan fingerprint density at radius 1 is 1.20 bits per heavy atom. The van der Waals surface area contributed by atoms with Crippen molar-refractivity contribution in [1.29, 1.82) is 5.26 Å². The smallest absolute Gasteiger partial charge is 0.260 e. The van der Waals surface area contributed by atoms with Crippen molar-refractivity contribution in [2.75, 3.05) is 46.6 Å². The second-order valence-corrected chi connectivity index (χ2v) is 7.33. The van der Waals surface area contributed by atoms with Gasteiger partial charge in [-0.2, -0.15) is 10.4 Å². The predicted octanol–water partition coefficient (Wildman–Crippen LogP) is 1.02. The van der Waals surface area contributed by atoms with Crippen LogP contribution in [-0.2, 0) is 29.2 Å². The minimum absolute atomic E-state index is 0.0208. The molecule has 1 saturated heterocycles. The molecule has 158 valence electrons. The topological polar surface area (TPSA) is 92.8 Å². The summed E-state index contributed by atoms with van der Waals surface area (Å²) in [4.78, 5) is 16.3. The lowest BCUT2D eigenvalue weighted by atomic mass is 10.1. The number of amides is 1. The molecule has 2 aliphatic rings. The highest BCUT2D eigenvalue weighted by Crippen LogP contribution is 2.29. The average Bonchev–Trinajstić information content (AvgIpc) is 3.21. The van der Waals surface area contributed by atoms with Gasteiger partial charge in [0, 0.05) is 32.7 Å². The standard InChI is InChI=1S/C21H25N5O4/c1-28-20-10-16(13-24-4-5-26-18(14-24)11-17(12-22)23-26)2-3-19(20)30-15-21(27)25-6-8-29-9-7-25/h2-3,10-11H,4-9,13-15H2,1H3. The molecule has 2 aliphatic heterocycles. The molecule has 1 aromatic heterocycles. The van der Waals surface area contributed by atoms with Crippen molar-refractivity contribution in [3.63, 3.8) is 0 Å². The van der Waals surface area contributed by atoms with Crippen LogP contribution in [0.3, 0.4) is 0 Å². The van der Waals surface area contributed by atoms with Gasteiger partial charge in [0.1, 0.15) is 6.07 Å². The quantitative estimate of drug-likeness (QED) is 0.701. The first-order chi connectivity index (χ1) is 14.7. The fourth-order valence-electron chi connectivity index (χ4n) is 3.74. The van der Waals surface area contributed by atoms with Gasteiger partial charge < -0.3 is 19.1 Å². The van der Waals surface area contributed by atoms with E-state index in [0.29, 0.717) is 43.5 Å². The monoisotopic (exact) mass is 411 g/mol. The number of methoxy groups -OCH3 is 1. The molecule has 1 fully saturated rings. The van der Waals surface area contributed by atoms with Gasteiger partial charge in [0.25, 0.3) is 5.91 Å². The van der Waals surface area contributed by atoms with Gasteiger partial charge >= 0.3 is 0 Å². The molecule has 0 atom stereocenters. The zero-order valence-electron chi connectivity index (χ0n) is 17.0. The number of nitriles is 1. The summed E-state index contributed by atoms with van der Waals surface area (Å²) in [5.41, 5.74) is 2.60. The van der Waals surface area contributed by atoms with Gasteiger partial charge in [0.2, 0.25) is 0 Å². The lowest BCUT2D eigenvalue weighted by molar-refractivity contribution is -0.137. The second-order valence-electron chi connectivity index (χ2n) is 7.33. The Morgan fingerprint density at radius 2 is 2.03 bits per heavy atom. The van der Waals surface area contributed by atoms with E-state index in [-0.39, 0.29) is 12.5 Å². The summed E-state index contributed by atoms with van der Waals surface area (Å²) in [7, 11) is 1.60. The van der Waals surface area contributed by atoms with Crippen molar-refractivity contribution in [2.24, 2.45) is 0 Å². The van der Waals surface area contributed by atoms with E-state index < -0.39 is 0 Å². The SMILES string of the molecule is COc1cc(CN2CCn3nc(C#N)cc3C2)ccc1OCC(=O)N1CCOCC1. The second kappa shape index (κ2) is 9.15. The zero-order valence-corrected chi connectivity index (χ0v) is 17.0. The first-order valence-electron chi connectivity index (χ1n) is 10.0. The zero-order chi connectivity index (χ0) is 20.9. The van der Waals surface area contributed by atoms with E-state index in [9.17, 15) is 4.79 Å². The first kappa shape index (κ1) is 20.2. The third kappa shape index (κ3) is 4.56. The largest absolute Gasteiger partial charge is 0.493 e. The minimum atomic E-state index is -0.0499. The van der Waals surface area contributed by atoms with Crippen LogP contribution in [0.5, 0.6) is 11.5 Å². The number of rotatable bonds is 6. The van der Waals surface area contributed by atoms with Crippen molar-refractivity contribution in [1.82, 2.24) is 19.6 Å². The lowest BCUT2D eigenvalue weighted by Gasteiger charge is -2.28. The van der Waals surface area contributed by atoms with Crippen molar-refractivity contribution in [3.8, 4) is 17.6 Å². The fourth-order valence-corrected chi connectivity index (χ4v) is 3.74. The number of ether oxygens (including phenoxy) is 3. The highest BCUT2D eigenvalue weighted by atomic mass is 16.5. The molecule has 9 heteroatoms. The van der Waals surface area contributed by atoms with Gasteiger partial charge in [-0.3, -0.25) is 14.4 Å². The molecule has 2 aromatic rings. The number of nitrogens with zero attached hydrogens (tertiary/aromatic N) is 5. The molecule has 3 heterocycles. The lowest BCUT2D eigenvalue weighted by Crippen LogP contribution is -2.43. The molecular weight excluding hydrogens is 386 g/mol. The van der Waals surface area contributed by atoms with Gasteiger partial charge in [0.05, 0.1) is 32.6 Å². The number of fused-ring (bicyclic) bond motifs is 1. The van der Waals surface area contributed by atoms with Gasteiger partial charge in [-0.25, -0.2) is 0 Å². The summed E-state index contributed by atoms with van der Waals surface area (Å²) in [6.45, 7) is 5.42.